The Labute approximate surface area is 174 Å². The van der Waals surface area contributed by atoms with Crippen LogP contribution in [0.3, 0.4) is 0 Å². The summed E-state index contributed by atoms with van der Waals surface area (Å²) < 4.78 is 20.2. The second kappa shape index (κ2) is 6.70. The van der Waals surface area contributed by atoms with Crippen LogP contribution >= 0.6 is 0 Å². The molecule has 2 heterocycles. The molecule has 0 fully saturated rings. The Morgan fingerprint density at radius 1 is 0.833 bits per heavy atom. The van der Waals surface area contributed by atoms with Crippen molar-refractivity contribution in [2.24, 2.45) is 5.10 Å². The number of halogens is 1. The first-order chi connectivity index (χ1) is 14.8. The highest BCUT2D eigenvalue weighted by Gasteiger charge is 2.40. The number of para-hydroxylation sites is 1. The van der Waals surface area contributed by atoms with E-state index in [-0.39, 0.29) is 11.9 Å². The highest BCUT2D eigenvalue weighted by atomic mass is 19.1. The molecule has 6 rings (SSSR count). The predicted molar refractivity (Wildman–Crippen MR) is 116 cm³/mol. The number of hydrogen-bond acceptors (Lipinski definition) is 3. The van der Waals surface area contributed by atoms with E-state index in [1.165, 1.54) is 22.9 Å². The summed E-state index contributed by atoms with van der Waals surface area (Å²) in [5.41, 5.74) is 4.01. The monoisotopic (exact) mass is 394 g/mol. The average molecular weight is 394 g/mol. The molecular formula is C26H19FN2O. The third kappa shape index (κ3) is 2.76. The highest BCUT2D eigenvalue weighted by molar-refractivity contribution is 6.04. The molecular weight excluding hydrogens is 375 g/mol. The van der Waals surface area contributed by atoms with Crippen molar-refractivity contribution >= 4 is 16.5 Å². The van der Waals surface area contributed by atoms with Crippen LogP contribution in [-0.4, -0.2) is 10.7 Å². The quantitative estimate of drug-likeness (QED) is 0.403. The molecule has 0 saturated carbocycles. The van der Waals surface area contributed by atoms with Crippen molar-refractivity contribution in [1.29, 1.82) is 0 Å². The van der Waals surface area contributed by atoms with Gasteiger partial charge in [0.25, 0.3) is 0 Å². The van der Waals surface area contributed by atoms with Gasteiger partial charge in [-0.15, -0.1) is 0 Å². The van der Waals surface area contributed by atoms with Gasteiger partial charge in [0.15, 0.2) is 0 Å². The largest absolute Gasteiger partial charge is 0.464 e. The lowest BCUT2D eigenvalue weighted by Crippen LogP contribution is -2.33. The fourth-order valence-electron chi connectivity index (χ4n) is 4.46. The first kappa shape index (κ1) is 17.2. The van der Waals surface area contributed by atoms with Crippen molar-refractivity contribution in [1.82, 2.24) is 5.01 Å². The lowest BCUT2D eigenvalue weighted by Gasteiger charge is -2.38. The maximum absolute atomic E-state index is 13.9. The minimum Gasteiger partial charge on any atom is -0.464 e. The first-order valence-electron chi connectivity index (χ1n) is 10.1. The van der Waals surface area contributed by atoms with Gasteiger partial charge in [-0.2, -0.15) is 5.10 Å². The molecule has 2 aliphatic rings. The summed E-state index contributed by atoms with van der Waals surface area (Å²) in [6, 6.07) is 29.5. The van der Waals surface area contributed by atoms with Crippen LogP contribution < -0.4 is 4.74 Å². The summed E-state index contributed by atoms with van der Waals surface area (Å²) in [6.07, 6.45) is 0.323. The topological polar surface area (TPSA) is 24.8 Å². The standard InChI is InChI=1S/C26H19FN2O/c27-21-9-5-8-20(15-21)26-29-24(22-10-3-4-11-25(22)30-26)16-23(28-29)19-13-12-17-6-1-2-7-18(17)14-19/h1-15,24,26H,16H2. The fraction of sp³-hybridized carbons (Fsp3) is 0.115. The molecule has 0 radical (unpaired) electrons. The van der Waals surface area contributed by atoms with E-state index in [9.17, 15) is 4.39 Å². The molecule has 4 aromatic carbocycles. The van der Waals surface area contributed by atoms with Gasteiger partial charge in [-0.1, -0.05) is 66.7 Å². The van der Waals surface area contributed by atoms with E-state index < -0.39 is 6.23 Å². The number of hydrogen-bond donors (Lipinski definition) is 0. The van der Waals surface area contributed by atoms with Gasteiger partial charge in [0.2, 0.25) is 6.23 Å². The Balaban J connectivity index is 1.45. The normalized spacial score (nSPS) is 19.8. The predicted octanol–water partition coefficient (Wildman–Crippen LogP) is 6.22. The molecule has 4 aromatic rings. The molecule has 0 saturated heterocycles. The molecule has 0 spiro atoms. The maximum atomic E-state index is 13.9. The summed E-state index contributed by atoms with van der Waals surface area (Å²) in [5, 5.41) is 9.37. The van der Waals surface area contributed by atoms with Gasteiger partial charge in [0.1, 0.15) is 11.6 Å². The first-order valence-corrected chi connectivity index (χ1v) is 10.1. The lowest BCUT2D eigenvalue weighted by atomic mass is 9.95. The van der Waals surface area contributed by atoms with Crippen LogP contribution in [-0.2, 0) is 0 Å². The zero-order valence-electron chi connectivity index (χ0n) is 16.2. The fourth-order valence-corrected chi connectivity index (χ4v) is 4.46. The van der Waals surface area contributed by atoms with Gasteiger partial charge in [0.05, 0.1) is 11.8 Å². The number of benzene rings is 4. The maximum Gasteiger partial charge on any atom is 0.213 e. The van der Waals surface area contributed by atoms with Crippen molar-refractivity contribution in [3.8, 4) is 5.75 Å². The van der Waals surface area contributed by atoms with Crippen LogP contribution in [0.15, 0.2) is 96.1 Å². The van der Waals surface area contributed by atoms with Crippen LogP contribution in [0.4, 0.5) is 4.39 Å². The Morgan fingerprint density at radius 2 is 1.67 bits per heavy atom. The third-order valence-corrected chi connectivity index (χ3v) is 5.92. The van der Waals surface area contributed by atoms with Crippen LogP contribution in [0.25, 0.3) is 10.8 Å². The molecule has 0 bridgehead atoms. The lowest BCUT2D eigenvalue weighted by molar-refractivity contribution is -0.0192. The Kier molecular flexibility index (Phi) is 3.85. The summed E-state index contributed by atoms with van der Waals surface area (Å²) in [6.45, 7) is 0. The number of fused-ring (bicyclic) bond motifs is 4. The molecule has 2 atom stereocenters. The van der Waals surface area contributed by atoms with Crippen LogP contribution in [0.5, 0.6) is 5.75 Å². The van der Waals surface area contributed by atoms with Gasteiger partial charge >= 0.3 is 0 Å². The van der Waals surface area contributed by atoms with E-state index >= 15 is 0 Å². The molecule has 0 aliphatic carbocycles. The van der Waals surface area contributed by atoms with E-state index in [1.807, 2.05) is 35.3 Å². The second-order valence-corrected chi connectivity index (χ2v) is 7.77. The molecule has 0 aromatic heterocycles. The van der Waals surface area contributed by atoms with Gasteiger partial charge in [-0.25, -0.2) is 9.40 Å². The summed E-state index contributed by atoms with van der Waals surface area (Å²) in [4.78, 5) is 0. The zero-order valence-corrected chi connectivity index (χ0v) is 16.2. The number of rotatable bonds is 2. The van der Waals surface area contributed by atoms with E-state index in [4.69, 9.17) is 9.84 Å². The summed E-state index contributed by atoms with van der Waals surface area (Å²) in [5.74, 6) is 0.562. The molecule has 3 nitrogen and oxygen atoms in total. The van der Waals surface area contributed by atoms with Gasteiger partial charge in [0, 0.05) is 17.5 Å². The Morgan fingerprint density at radius 3 is 2.57 bits per heavy atom. The van der Waals surface area contributed by atoms with E-state index in [1.54, 1.807) is 6.07 Å². The van der Waals surface area contributed by atoms with E-state index in [2.05, 4.69) is 42.5 Å². The number of hydrazone groups is 1. The molecule has 30 heavy (non-hydrogen) atoms. The van der Waals surface area contributed by atoms with E-state index in [0.717, 1.165) is 34.6 Å². The van der Waals surface area contributed by atoms with Gasteiger partial charge < -0.3 is 4.74 Å². The summed E-state index contributed by atoms with van der Waals surface area (Å²) >= 11 is 0. The number of nitrogens with zero attached hydrogens (tertiary/aromatic N) is 2. The van der Waals surface area contributed by atoms with Gasteiger partial charge in [-0.3, -0.25) is 0 Å². The second-order valence-electron chi connectivity index (χ2n) is 7.77. The van der Waals surface area contributed by atoms with Crippen molar-refractivity contribution in [2.45, 2.75) is 18.7 Å². The van der Waals surface area contributed by atoms with Crippen molar-refractivity contribution in [2.75, 3.05) is 0 Å². The third-order valence-electron chi connectivity index (χ3n) is 5.92. The van der Waals surface area contributed by atoms with Crippen molar-refractivity contribution in [3.05, 3.63) is 114 Å². The Hall–Kier alpha value is -3.66. The molecule has 0 amide bonds. The van der Waals surface area contributed by atoms with E-state index in [0.29, 0.717) is 0 Å². The minimum atomic E-state index is -0.460. The minimum absolute atomic E-state index is 0.0599. The molecule has 146 valence electrons. The molecule has 2 aliphatic heterocycles. The van der Waals surface area contributed by atoms with Crippen LogP contribution in [0.2, 0.25) is 0 Å². The van der Waals surface area contributed by atoms with Crippen molar-refractivity contribution in [3.63, 3.8) is 0 Å². The highest BCUT2D eigenvalue weighted by Crippen LogP contribution is 2.47. The SMILES string of the molecule is Fc1cccc(C2Oc3ccccc3C3CC(c4ccc5ccccc5c4)=NN32)c1. The molecule has 2 unspecified atom stereocenters. The smallest absolute Gasteiger partial charge is 0.213 e. The Bertz CT molecular complexity index is 1300. The molecule has 4 heteroatoms. The molecule has 0 N–H and O–H groups in total. The number of ether oxygens (including phenoxy) is 1. The van der Waals surface area contributed by atoms with Crippen molar-refractivity contribution < 1.29 is 9.13 Å². The van der Waals surface area contributed by atoms with Gasteiger partial charge in [-0.05, 0) is 40.6 Å². The van der Waals surface area contributed by atoms with Crippen LogP contribution in [0.1, 0.15) is 35.4 Å². The van der Waals surface area contributed by atoms with Crippen LogP contribution in [0, 0.1) is 5.82 Å². The summed E-state index contributed by atoms with van der Waals surface area (Å²) in [7, 11) is 0. The average Bonchev–Trinajstić information content (AvgIpc) is 3.24. The zero-order chi connectivity index (χ0) is 20.1.